The van der Waals surface area contributed by atoms with E-state index < -0.39 is 11.7 Å². The number of piperidine rings is 1. The molecule has 3 rings (SSSR count). The zero-order chi connectivity index (χ0) is 18.0. The second-order valence-electron chi connectivity index (χ2n) is 6.11. The number of ether oxygens (including phenoxy) is 1. The van der Waals surface area contributed by atoms with Gasteiger partial charge in [-0.3, -0.25) is 4.98 Å². The van der Waals surface area contributed by atoms with Crippen LogP contribution in [-0.4, -0.2) is 34.1 Å². The molecule has 1 aliphatic rings. The van der Waals surface area contributed by atoms with Crippen molar-refractivity contribution in [3.05, 3.63) is 41.5 Å². The molecule has 8 heteroatoms. The molecule has 0 unspecified atom stereocenters. The summed E-state index contributed by atoms with van der Waals surface area (Å²) in [5.41, 5.74) is 0.834. The standard InChI is InChI=1S/C17H19F3N4O/c1-11-10-22-12(2)16(23-11)25-14-4-7-24(8-5-14)15-9-13(3-6-21-15)17(18,19)20/h3,6,9-10,14H,4-5,7-8H2,1-2H3. The fourth-order valence-electron chi connectivity index (χ4n) is 2.76. The Morgan fingerprint density at radius 1 is 1.16 bits per heavy atom. The van der Waals surface area contributed by atoms with Gasteiger partial charge in [-0.15, -0.1) is 0 Å². The SMILES string of the molecule is Cc1cnc(C)c(OC2CCN(c3cc(C(F)(F)F)ccn3)CC2)n1. The van der Waals surface area contributed by atoms with Gasteiger partial charge in [-0.05, 0) is 26.0 Å². The van der Waals surface area contributed by atoms with E-state index in [4.69, 9.17) is 4.74 Å². The predicted molar refractivity (Wildman–Crippen MR) is 86.6 cm³/mol. The molecule has 134 valence electrons. The highest BCUT2D eigenvalue weighted by Crippen LogP contribution is 2.31. The molecule has 25 heavy (non-hydrogen) atoms. The first kappa shape index (κ1) is 17.4. The van der Waals surface area contributed by atoms with E-state index in [2.05, 4.69) is 15.0 Å². The lowest BCUT2D eigenvalue weighted by Crippen LogP contribution is -2.39. The summed E-state index contributed by atoms with van der Waals surface area (Å²) in [6, 6.07) is 2.08. The number of aromatic nitrogens is 3. The zero-order valence-corrected chi connectivity index (χ0v) is 14.0. The molecule has 3 heterocycles. The lowest BCUT2D eigenvalue weighted by atomic mass is 10.1. The van der Waals surface area contributed by atoms with Gasteiger partial charge in [-0.25, -0.2) is 9.97 Å². The van der Waals surface area contributed by atoms with E-state index in [1.165, 1.54) is 6.20 Å². The van der Waals surface area contributed by atoms with Gasteiger partial charge in [0.1, 0.15) is 11.9 Å². The monoisotopic (exact) mass is 352 g/mol. The first-order chi connectivity index (χ1) is 11.8. The van der Waals surface area contributed by atoms with E-state index in [1.54, 1.807) is 6.20 Å². The zero-order valence-electron chi connectivity index (χ0n) is 14.0. The number of alkyl halides is 3. The predicted octanol–water partition coefficient (Wildman–Crippen LogP) is 3.56. The molecule has 2 aromatic rings. The van der Waals surface area contributed by atoms with E-state index in [-0.39, 0.29) is 6.10 Å². The lowest BCUT2D eigenvalue weighted by molar-refractivity contribution is -0.137. The van der Waals surface area contributed by atoms with Crippen molar-refractivity contribution in [3.8, 4) is 5.88 Å². The molecule has 1 fully saturated rings. The number of nitrogens with zero attached hydrogens (tertiary/aromatic N) is 4. The summed E-state index contributed by atoms with van der Waals surface area (Å²) in [6.07, 6.45) is -0.131. The molecule has 0 spiro atoms. The minimum absolute atomic E-state index is 0.0307. The number of halogens is 3. The van der Waals surface area contributed by atoms with E-state index in [0.29, 0.717) is 37.6 Å². The fourth-order valence-corrected chi connectivity index (χ4v) is 2.76. The molecule has 0 atom stereocenters. The molecule has 1 saturated heterocycles. The molecule has 0 bridgehead atoms. The average Bonchev–Trinajstić information content (AvgIpc) is 2.58. The van der Waals surface area contributed by atoms with Crippen molar-refractivity contribution in [1.82, 2.24) is 15.0 Å². The molecule has 5 nitrogen and oxygen atoms in total. The van der Waals surface area contributed by atoms with Crippen LogP contribution >= 0.6 is 0 Å². The minimum atomic E-state index is -4.36. The quantitative estimate of drug-likeness (QED) is 0.845. The van der Waals surface area contributed by atoms with Crippen LogP contribution in [-0.2, 0) is 6.18 Å². The van der Waals surface area contributed by atoms with Crippen molar-refractivity contribution < 1.29 is 17.9 Å². The second kappa shape index (κ2) is 6.85. The molecule has 0 N–H and O–H groups in total. The molecule has 0 saturated carbocycles. The van der Waals surface area contributed by atoms with Crippen LogP contribution in [0.3, 0.4) is 0 Å². The maximum atomic E-state index is 12.8. The van der Waals surface area contributed by atoms with Gasteiger partial charge < -0.3 is 9.64 Å². The number of pyridine rings is 1. The summed E-state index contributed by atoms with van der Waals surface area (Å²) in [5, 5.41) is 0. The summed E-state index contributed by atoms with van der Waals surface area (Å²) in [5.74, 6) is 0.871. The first-order valence-corrected chi connectivity index (χ1v) is 8.08. The van der Waals surface area contributed by atoms with Crippen molar-refractivity contribution in [3.63, 3.8) is 0 Å². The van der Waals surface area contributed by atoms with Crippen molar-refractivity contribution >= 4 is 5.82 Å². The van der Waals surface area contributed by atoms with Crippen LogP contribution in [0.2, 0.25) is 0 Å². The Morgan fingerprint density at radius 2 is 1.88 bits per heavy atom. The van der Waals surface area contributed by atoms with E-state index >= 15 is 0 Å². The van der Waals surface area contributed by atoms with Crippen molar-refractivity contribution in [2.45, 2.75) is 39.0 Å². The van der Waals surface area contributed by atoms with Crippen LogP contribution in [0.5, 0.6) is 5.88 Å². The summed E-state index contributed by atoms with van der Waals surface area (Å²) in [7, 11) is 0. The van der Waals surface area contributed by atoms with E-state index in [0.717, 1.165) is 23.5 Å². The van der Waals surface area contributed by atoms with Gasteiger partial charge in [-0.2, -0.15) is 13.2 Å². The van der Waals surface area contributed by atoms with Crippen molar-refractivity contribution in [2.75, 3.05) is 18.0 Å². The Morgan fingerprint density at radius 3 is 2.56 bits per heavy atom. The van der Waals surface area contributed by atoms with Crippen LogP contribution in [0.4, 0.5) is 19.0 Å². The van der Waals surface area contributed by atoms with E-state index in [1.807, 2.05) is 18.7 Å². The Hall–Kier alpha value is -2.38. The number of hydrogen-bond donors (Lipinski definition) is 0. The van der Waals surface area contributed by atoms with Gasteiger partial charge in [0.25, 0.3) is 0 Å². The third-order valence-corrected chi connectivity index (χ3v) is 4.15. The molecule has 0 amide bonds. The summed E-state index contributed by atoms with van der Waals surface area (Å²) in [6.45, 7) is 4.85. The van der Waals surface area contributed by atoms with Crippen molar-refractivity contribution in [1.29, 1.82) is 0 Å². The molecule has 0 aliphatic carbocycles. The molecule has 2 aromatic heterocycles. The number of aryl methyl sites for hydroxylation is 2. The average molecular weight is 352 g/mol. The minimum Gasteiger partial charge on any atom is -0.473 e. The maximum absolute atomic E-state index is 12.8. The number of hydrogen-bond acceptors (Lipinski definition) is 5. The Balaban J connectivity index is 1.63. The topological polar surface area (TPSA) is 51.1 Å². The highest BCUT2D eigenvalue weighted by atomic mass is 19.4. The van der Waals surface area contributed by atoms with Gasteiger partial charge in [-0.1, -0.05) is 0 Å². The molecule has 0 aromatic carbocycles. The fraction of sp³-hybridized carbons (Fsp3) is 0.471. The third-order valence-electron chi connectivity index (χ3n) is 4.15. The number of anilines is 1. The first-order valence-electron chi connectivity index (χ1n) is 8.08. The summed E-state index contributed by atoms with van der Waals surface area (Å²) in [4.78, 5) is 14.5. The van der Waals surface area contributed by atoms with Crippen molar-refractivity contribution in [2.24, 2.45) is 0 Å². The summed E-state index contributed by atoms with van der Waals surface area (Å²) >= 11 is 0. The smallest absolute Gasteiger partial charge is 0.416 e. The van der Waals surface area contributed by atoms with E-state index in [9.17, 15) is 13.2 Å². The normalized spacial score (nSPS) is 16.1. The van der Waals surface area contributed by atoms with Crippen LogP contribution in [0.25, 0.3) is 0 Å². The van der Waals surface area contributed by atoms with Gasteiger partial charge in [0, 0.05) is 38.3 Å². The molecular formula is C17H19F3N4O. The van der Waals surface area contributed by atoms with Gasteiger partial charge >= 0.3 is 6.18 Å². The van der Waals surface area contributed by atoms with Gasteiger partial charge in [0.15, 0.2) is 0 Å². The van der Waals surface area contributed by atoms with Crippen LogP contribution in [0.1, 0.15) is 29.8 Å². The largest absolute Gasteiger partial charge is 0.473 e. The van der Waals surface area contributed by atoms with Crippen LogP contribution in [0, 0.1) is 13.8 Å². The number of rotatable bonds is 3. The van der Waals surface area contributed by atoms with Crippen LogP contribution < -0.4 is 9.64 Å². The Bertz CT molecular complexity index is 743. The highest BCUT2D eigenvalue weighted by Gasteiger charge is 2.31. The Kier molecular flexibility index (Phi) is 4.78. The molecular weight excluding hydrogens is 333 g/mol. The van der Waals surface area contributed by atoms with Gasteiger partial charge in [0.2, 0.25) is 5.88 Å². The molecule has 1 aliphatic heterocycles. The highest BCUT2D eigenvalue weighted by molar-refractivity contribution is 5.42. The van der Waals surface area contributed by atoms with Gasteiger partial charge in [0.05, 0.1) is 17.0 Å². The second-order valence-corrected chi connectivity index (χ2v) is 6.11. The lowest BCUT2D eigenvalue weighted by Gasteiger charge is -2.33. The molecule has 0 radical (unpaired) electrons. The van der Waals surface area contributed by atoms with Crippen LogP contribution in [0.15, 0.2) is 24.5 Å². The summed E-state index contributed by atoms with van der Waals surface area (Å²) < 4.78 is 44.4. The maximum Gasteiger partial charge on any atom is 0.416 e. The Labute approximate surface area is 143 Å². The third kappa shape index (κ3) is 4.18.